The number of anilines is 2. The standard InChI is InChI=1S/C26H18Br2ClN3O5/c1-36-26(35)16-2-6-20(7-3-16)32-25(34)17(13-30)10-15-11-21(27)24(22(28)12-15)37-14-23(33)31-19-8-4-18(29)5-9-19/h2-12H,14H2,1H3,(H,31,33)(H,32,34)/b17-10+. The lowest BCUT2D eigenvalue weighted by Gasteiger charge is -2.12. The Balaban J connectivity index is 1.67. The van der Waals surface area contributed by atoms with E-state index in [0.717, 1.165) is 0 Å². The average molecular weight is 648 g/mol. The van der Waals surface area contributed by atoms with Crippen LogP contribution in [-0.4, -0.2) is 31.5 Å². The van der Waals surface area contributed by atoms with Crippen LogP contribution in [0.5, 0.6) is 5.75 Å². The smallest absolute Gasteiger partial charge is 0.337 e. The zero-order chi connectivity index (χ0) is 26.9. The van der Waals surface area contributed by atoms with Gasteiger partial charge >= 0.3 is 5.97 Å². The first kappa shape index (κ1) is 27.9. The molecule has 0 aliphatic rings. The molecular weight excluding hydrogens is 630 g/mol. The van der Waals surface area contributed by atoms with Crippen LogP contribution in [0.15, 0.2) is 75.2 Å². The Bertz CT molecular complexity index is 1380. The minimum atomic E-state index is -0.625. The van der Waals surface area contributed by atoms with Crippen LogP contribution in [-0.2, 0) is 14.3 Å². The van der Waals surface area contributed by atoms with Crippen molar-refractivity contribution in [1.82, 2.24) is 0 Å². The Morgan fingerprint density at radius 1 is 0.973 bits per heavy atom. The molecule has 0 heterocycles. The number of ether oxygens (including phenoxy) is 2. The summed E-state index contributed by atoms with van der Waals surface area (Å²) >= 11 is 12.6. The number of nitrogens with zero attached hydrogens (tertiary/aromatic N) is 1. The summed E-state index contributed by atoms with van der Waals surface area (Å²) < 4.78 is 11.3. The van der Waals surface area contributed by atoms with Gasteiger partial charge < -0.3 is 20.1 Å². The molecule has 2 amide bonds. The molecule has 0 spiro atoms. The fourth-order valence-corrected chi connectivity index (χ4v) is 4.57. The Kier molecular flexibility index (Phi) is 9.85. The third-order valence-electron chi connectivity index (χ3n) is 4.74. The number of amides is 2. The minimum Gasteiger partial charge on any atom is -0.481 e. The number of nitrogens with one attached hydrogen (secondary N) is 2. The lowest BCUT2D eigenvalue weighted by Crippen LogP contribution is -2.20. The van der Waals surface area contributed by atoms with Gasteiger partial charge in [0.05, 0.1) is 21.6 Å². The number of esters is 1. The summed E-state index contributed by atoms with van der Waals surface area (Å²) in [6, 6.07) is 17.9. The molecule has 3 rings (SSSR count). The van der Waals surface area contributed by atoms with Crippen LogP contribution >= 0.6 is 43.5 Å². The second-order valence-electron chi connectivity index (χ2n) is 7.35. The second-order valence-corrected chi connectivity index (χ2v) is 9.50. The lowest BCUT2D eigenvalue weighted by molar-refractivity contribution is -0.118. The maximum absolute atomic E-state index is 12.6. The monoisotopic (exact) mass is 645 g/mol. The molecule has 8 nitrogen and oxygen atoms in total. The van der Waals surface area contributed by atoms with Gasteiger partial charge in [0.1, 0.15) is 17.4 Å². The van der Waals surface area contributed by atoms with Crippen molar-refractivity contribution in [1.29, 1.82) is 5.26 Å². The molecule has 0 aliphatic carbocycles. The highest BCUT2D eigenvalue weighted by atomic mass is 79.9. The number of carbonyl (C=O) groups is 3. The zero-order valence-corrected chi connectivity index (χ0v) is 23.1. The number of methoxy groups -OCH3 is 1. The van der Waals surface area contributed by atoms with Crippen molar-refractivity contribution in [3.63, 3.8) is 0 Å². The number of nitriles is 1. The van der Waals surface area contributed by atoms with E-state index >= 15 is 0 Å². The van der Waals surface area contributed by atoms with Crippen molar-refractivity contribution in [3.8, 4) is 11.8 Å². The molecule has 37 heavy (non-hydrogen) atoms. The predicted molar refractivity (Wildman–Crippen MR) is 147 cm³/mol. The van der Waals surface area contributed by atoms with Gasteiger partial charge in [-0.25, -0.2) is 4.79 Å². The molecule has 0 aromatic heterocycles. The fourth-order valence-electron chi connectivity index (χ4n) is 2.99. The van der Waals surface area contributed by atoms with Crippen molar-refractivity contribution in [2.45, 2.75) is 0 Å². The first-order valence-corrected chi connectivity index (χ1v) is 12.5. The van der Waals surface area contributed by atoms with Crippen molar-refractivity contribution < 1.29 is 23.9 Å². The molecule has 0 radical (unpaired) electrons. The van der Waals surface area contributed by atoms with Gasteiger partial charge in [0, 0.05) is 16.4 Å². The van der Waals surface area contributed by atoms with Gasteiger partial charge in [-0.3, -0.25) is 9.59 Å². The highest BCUT2D eigenvalue weighted by molar-refractivity contribution is 9.11. The summed E-state index contributed by atoms with van der Waals surface area (Å²) in [5.74, 6) is -1.12. The van der Waals surface area contributed by atoms with Crippen molar-refractivity contribution in [3.05, 3.63) is 91.3 Å². The summed E-state index contributed by atoms with van der Waals surface area (Å²) in [7, 11) is 1.27. The van der Waals surface area contributed by atoms with Crippen LogP contribution in [0, 0.1) is 11.3 Å². The van der Waals surface area contributed by atoms with Crippen LogP contribution in [0.2, 0.25) is 5.02 Å². The van der Waals surface area contributed by atoms with Crippen molar-refractivity contribution in [2.75, 3.05) is 24.4 Å². The summed E-state index contributed by atoms with van der Waals surface area (Å²) in [6.07, 6.45) is 1.41. The SMILES string of the molecule is COC(=O)c1ccc(NC(=O)/C(C#N)=C/c2cc(Br)c(OCC(=O)Nc3ccc(Cl)cc3)c(Br)c2)cc1. The summed E-state index contributed by atoms with van der Waals surface area (Å²) in [5.41, 5.74) is 1.70. The molecular formula is C26H18Br2ClN3O5. The van der Waals surface area contributed by atoms with Gasteiger partial charge in [-0.1, -0.05) is 11.6 Å². The van der Waals surface area contributed by atoms with E-state index in [1.807, 2.05) is 6.07 Å². The van der Waals surface area contributed by atoms with E-state index in [2.05, 4.69) is 47.2 Å². The van der Waals surface area contributed by atoms with Crippen LogP contribution in [0.3, 0.4) is 0 Å². The van der Waals surface area contributed by atoms with E-state index in [1.165, 1.54) is 37.5 Å². The van der Waals surface area contributed by atoms with Gasteiger partial charge in [-0.05, 0) is 104 Å². The number of rotatable bonds is 8. The van der Waals surface area contributed by atoms with E-state index in [0.29, 0.717) is 42.2 Å². The van der Waals surface area contributed by atoms with Gasteiger partial charge in [0.25, 0.3) is 11.8 Å². The van der Waals surface area contributed by atoms with Crippen LogP contribution in [0.1, 0.15) is 15.9 Å². The normalized spacial score (nSPS) is 10.7. The third-order valence-corrected chi connectivity index (χ3v) is 6.17. The molecule has 3 aromatic rings. The summed E-state index contributed by atoms with van der Waals surface area (Å²) in [5, 5.41) is 15.4. The Labute approximate surface area is 234 Å². The first-order chi connectivity index (χ1) is 17.7. The van der Waals surface area contributed by atoms with Gasteiger partial charge in [-0.2, -0.15) is 5.26 Å². The first-order valence-electron chi connectivity index (χ1n) is 10.5. The topological polar surface area (TPSA) is 118 Å². The summed E-state index contributed by atoms with van der Waals surface area (Å²) in [6.45, 7) is -0.254. The van der Waals surface area contributed by atoms with E-state index < -0.39 is 11.9 Å². The quantitative estimate of drug-likeness (QED) is 0.171. The molecule has 0 bridgehead atoms. The van der Waals surface area contributed by atoms with Gasteiger partial charge in [-0.15, -0.1) is 0 Å². The van der Waals surface area contributed by atoms with Gasteiger partial charge in [0.15, 0.2) is 6.61 Å². The van der Waals surface area contributed by atoms with E-state index in [9.17, 15) is 19.6 Å². The van der Waals surface area contributed by atoms with E-state index in [-0.39, 0.29) is 18.1 Å². The molecule has 0 fully saturated rings. The molecule has 0 atom stereocenters. The molecule has 0 aliphatic heterocycles. The maximum atomic E-state index is 12.6. The largest absolute Gasteiger partial charge is 0.481 e. The maximum Gasteiger partial charge on any atom is 0.337 e. The molecule has 3 aromatic carbocycles. The van der Waals surface area contributed by atoms with Crippen molar-refractivity contribution in [2.24, 2.45) is 0 Å². The number of hydrogen-bond donors (Lipinski definition) is 2. The number of hydrogen-bond acceptors (Lipinski definition) is 6. The Morgan fingerprint density at radius 3 is 2.11 bits per heavy atom. The Morgan fingerprint density at radius 2 is 1.54 bits per heavy atom. The summed E-state index contributed by atoms with van der Waals surface area (Å²) in [4.78, 5) is 36.4. The molecule has 11 heteroatoms. The number of carbonyl (C=O) groups excluding carboxylic acids is 3. The van der Waals surface area contributed by atoms with Gasteiger partial charge in [0.2, 0.25) is 0 Å². The van der Waals surface area contributed by atoms with Crippen molar-refractivity contribution >= 4 is 78.7 Å². The second kappa shape index (κ2) is 13.1. The molecule has 0 saturated heterocycles. The molecule has 0 unspecified atom stereocenters. The lowest BCUT2D eigenvalue weighted by atomic mass is 10.1. The predicted octanol–water partition coefficient (Wildman–Crippen LogP) is 6.21. The molecule has 0 saturated carbocycles. The number of halogens is 3. The fraction of sp³-hybridized carbons (Fsp3) is 0.0769. The third kappa shape index (κ3) is 7.92. The highest BCUT2D eigenvalue weighted by Gasteiger charge is 2.14. The van der Waals surface area contributed by atoms with E-state index in [1.54, 1.807) is 36.4 Å². The minimum absolute atomic E-state index is 0.146. The highest BCUT2D eigenvalue weighted by Crippen LogP contribution is 2.35. The number of benzene rings is 3. The molecule has 188 valence electrons. The van der Waals surface area contributed by atoms with E-state index in [4.69, 9.17) is 16.3 Å². The Hall–Kier alpha value is -3.65. The van der Waals surface area contributed by atoms with Crippen LogP contribution in [0.25, 0.3) is 6.08 Å². The molecule has 2 N–H and O–H groups in total. The van der Waals surface area contributed by atoms with Crippen LogP contribution < -0.4 is 15.4 Å². The zero-order valence-electron chi connectivity index (χ0n) is 19.2. The average Bonchev–Trinajstić information content (AvgIpc) is 2.88. The van der Waals surface area contributed by atoms with Crippen LogP contribution in [0.4, 0.5) is 11.4 Å².